The molecule has 0 spiro atoms. The lowest BCUT2D eigenvalue weighted by atomic mass is 9.85. The molecule has 1 aromatic carbocycles. The Labute approximate surface area is 201 Å². The fourth-order valence-electron chi connectivity index (χ4n) is 4.66. The van der Waals surface area contributed by atoms with Gasteiger partial charge in [0.05, 0.1) is 17.6 Å². The number of aromatic nitrogens is 4. The van der Waals surface area contributed by atoms with Gasteiger partial charge in [0.15, 0.2) is 0 Å². The maximum Gasteiger partial charge on any atom is 0.253 e. The number of hydrogen-bond donors (Lipinski definition) is 1. The highest BCUT2D eigenvalue weighted by Crippen LogP contribution is 2.30. The highest BCUT2D eigenvalue weighted by Gasteiger charge is 2.21. The Morgan fingerprint density at radius 2 is 1.85 bits per heavy atom. The molecule has 1 saturated heterocycles. The van der Waals surface area contributed by atoms with Gasteiger partial charge in [-0.15, -0.1) is 0 Å². The molecule has 0 atom stereocenters. The van der Waals surface area contributed by atoms with E-state index in [2.05, 4.69) is 38.7 Å². The van der Waals surface area contributed by atoms with Crippen LogP contribution in [0.5, 0.6) is 0 Å². The summed E-state index contributed by atoms with van der Waals surface area (Å²) in [7, 11) is 2.11. The minimum absolute atomic E-state index is 0.0928. The molecule has 1 aliphatic heterocycles. The maximum atomic E-state index is 12.9. The smallest absolute Gasteiger partial charge is 0.253 e. The number of aryl methyl sites for hydroxylation is 1. The minimum Gasteiger partial charge on any atom is -0.337 e. The van der Waals surface area contributed by atoms with E-state index in [0.717, 1.165) is 68.0 Å². The van der Waals surface area contributed by atoms with Gasteiger partial charge in [0.1, 0.15) is 5.82 Å². The number of nitrogens with zero attached hydrogens (tertiary/aromatic N) is 6. The molecule has 5 rings (SSSR count). The zero-order valence-corrected chi connectivity index (χ0v) is 20.1. The van der Waals surface area contributed by atoms with Crippen LogP contribution in [0.15, 0.2) is 42.7 Å². The van der Waals surface area contributed by atoms with Crippen LogP contribution in [-0.2, 0) is 6.54 Å². The van der Waals surface area contributed by atoms with Crippen molar-refractivity contribution in [3.63, 3.8) is 0 Å². The van der Waals surface area contributed by atoms with Crippen LogP contribution in [-0.4, -0.2) is 68.5 Å². The fourth-order valence-corrected chi connectivity index (χ4v) is 4.66. The van der Waals surface area contributed by atoms with Gasteiger partial charge in [-0.3, -0.25) is 4.79 Å². The first kappa shape index (κ1) is 22.5. The molecule has 8 nitrogen and oxygen atoms in total. The van der Waals surface area contributed by atoms with E-state index in [1.165, 1.54) is 19.3 Å². The third-order valence-corrected chi connectivity index (χ3v) is 7.03. The van der Waals surface area contributed by atoms with Crippen LogP contribution in [0.2, 0.25) is 0 Å². The summed E-state index contributed by atoms with van der Waals surface area (Å²) < 4.78 is 2.27. The Hall–Kier alpha value is -3.26. The number of carbonyl (C=O) groups excluding carboxylic acids is 1. The zero-order chi connectivity index (χ0) is 23.5. The van der Waals surface area contributed by atoms with Crippen LogP contribution in [0.25, 0.3) is 11.4 Å². The summed E-state index contributed by atoms with van der Waals surface area (Å²) in [6, 6.07) is 9.51. The number of benzene rings is 1. The van der Waals surface area contributed by atoms with Gasteiger partial charge in [-0.1, -0.05) is 6.42 Å². The molecule has 1 aliphatic carbocycles. The highest BCUT2D eigenvalue weighted by molar-refractivity contribution is 5.94. The van der Waals surface area contributed by atoms with E-state index in [-0.39, 0.29) is 5.91 Å². The molecule has 8 heteroatoms. The summed E-state index contributed by atoms with van der Waals surface area (Å²) in [5.41, 5.74) is 3.44. The molecule has 0 unspecified atom stereocenters. The number of amides is 1. The number of hydrogen-bond acceptors (Lipinski definition) is 6. The van der Waals surface area contributed by atoms with E-state index >= 15 is 0 Å². The average Bonchev–Trinajstić information content (AvgIpc) is 3.04. The van der Waals surface area contributed by atoms with E-state index in [1.54, 1.807) is 6.20 Å². The maximum absolute atomic E-state index is 12.9. The quantitative estimate of drug-likeness (QED) is 0.601. The first-order chi connectivity index (χ1) is 16.6. The van der Waals surface area contributed by atoms with Gasteiger partial charge < -0.3 is 19.7 Å². The van der Waals surface area contributed by atoms with Gasteiger partial charge in [-0.25, -0.2) is 15.0 Å². The molecule has 0 bridgehead atoms. The Morgan fingerprint density at radius 3 is 2.62 bits per heavy atom. The largest absolute Gasteiger partial charge is 0.337 e. The molecule has 2 fully saturated rings. The van der Waals surface area contributed by atoms with Gasteiger partial charge in [-0.2, -0.15) is 0 Å². The minimum atomic E-state index is 0.0928. The molecule has 1 amide bonds. The van der Waals surface area contributed by atoms with Crippen molar-refractivity contribution >= 4 is 17.5 Å². The summed E-state index contributed by atoms with van der Waals surface area (Å²) in [4.78, 5) is 30.8. The summed E-state index contributed by atoms with van der Waals surface area (Å²) in [6.07, 6.45) is 8.60. The Bertz CT molecular complexity index is 1140. The first-order valence-electron chi connectivity index (χ1n) is 12.3. The van der Waals surface area contributed by atoms with Crippen LogP contribution in [0.4, 0.5) is 11.6 Å². The Morgan fingerprint density at radius 1 is 1.03 bits per heavy atom. The second kappa shape index (κ2) is 9.93. The van der Waals surface area contributed by atoms with Gasteiger partial charge in [0, 0.05) is 43.6 Å². The summed E-state index contributed by atoms with van der Waals surface area (Å²) in [5.74, 6) is 2.38. The van der Waals surface area contributed by atoms with E-state index < -0.39 is 0 Å². The summed E-state index contributed by atoms with van der Waals surface area (Å²) in [6.45, 7) is 6.57. The topological polar surface area (TPSA) is 79.2 Å². The van der Waals surface area contributed by atoms with Gasteiger partial charge in [-0.05, 0) is 76.0 Å². The van der Waals surface area contributed by atoms with E-state index in [0.29, 0.717) is 11.5 Å². The van der Waals surface area contributed by atoms with Gasteiger partial charge in [0.25, 0.3) is 5.91 Å². The van der Waals surface area contributed by atoms with E-state index in [1.807, 2.05) is 41.4 Å². The molecule has 34 heavy (non-hydrogen) atoms. The van der Waals surface area contributed by atoms with Gasteiger partial charge in [0.2, 0.25) is 5.95 Å². The SMILES string of the molecule is Cc1ncc(-c2ccnc(Nc3ccc(C(=O)N4CCCN(C)CC4)cc3)n2)n1CC1CCC1. The third-order valence-electron chi connectivity index (χ3n) is 7.03. The number of rotatable bonds is 6. The number of likely N-dealkylation sites (N-methyl/N-ethyl adjacent to an activating group) is 1. The Kier molecular flexibility index (Phi) is 6.58. The third kappa shape index (κ3) is 4.97. The van der Waals surface area contributed by atoms with Crippen LogP contribution in [0.3, 0.4) is 0 Å². The van der Waals surface area contributed by atoms with E-state index in [4.69, 9.17) is 4.98 Å². The molecule has 1 N–H and O–H groups in total. The zero-order valence-electron chi connectivity index (χ0n) is 20.1. The van der Waals surface area contributed by atoms with Gasteiger partial charge >= 0.3 is 0 Å². The number of imidazole rings is 1. The molecular weight excluding hydrogens is 426 g/mol. The Balaban J connectivity index is 1.27. The predicted octanol–water partition coefficient (Wildman–Crippen LogP) is 3.97. The standard InChI is InChI=1S/C26H33N7O/c1-19-28-17-24(33(19)18-20-5-3-6-20)23-11-12-27-26(30-23)29-22-9-7-21(8-10-22)25(34)32-14-4-13-31(2)15-16-32/h7-12,17,20H,3-6,13-16,18H2,1-2H3,(H,27,29,30). The molecule has 2 aromatic heterocycles. The highest BCUT2D eigenvalue weighted by atomic mass is 16.2. The number of anilines is 2. The van der Waals surface area contributed by atoms with Crippen molar-refractivity contribution in [3.05, 3.63) is 54.1 Å². The van der Waals surface area contributed by atoms with Crippen molar-refractivity contribution in [1.82, 2.24) is 29.3 Å². The molecule has 3 aromatic rings. The summed E-state index contributed by atoms with van der Waals surface area (Å²) in [5, 5.41) is 3.28. The lowest BCUT2D eigenvalue weighted by Crippen LogP contribution is -2.34. The lowest BCUT2D eigenvalue weighted by molar-refractivity contribution is 0.0763. The van der Waals surface area contributed by atoms with Crippen molar-refractivity contribution in [2.75, 3.05) is 38.5 Å². The molecule has 178 valence electrons. The van der Waals surface area contributed by atoms with Crippen LogP contribution < -0.4 is 5.32 Å². The molecule has 1 saturated carbocycles. The molecule has 0 radical (unpaired) electrons. The van der Waals surface area contributed by atoms with Crippen LogP contribution in [0, 0.1) is 12.8 Å². The lowest BCUT2D eigenvalue weighted by Gasteiger charge is -2.27. The molecule has 2 aliphatic rings. The van der Waals surface area contributed by atoms with Crippen molar-refractivity contribution in [2.45, 2.75) is 39.2 Å². The first-order valence-corrected chi connectivity index (χ1v) is 12.3. The number of nitrogens with one attached hydrogen (secondary N) is 1. The average molecular weight is 460 g/mol. The monoisotopic (exact) mass is 459 g/mol. The van der Waals surface area contributed by atoms with Crippen LogP contribution in [0.1, 0.15) is 41.9 Å². The van der Waals surface area contributed by atoms with Crippen molar-refractivity contribution in [2.24, 2.45) is 5.92 Å². The van der Waals surface area contributed by atoms with E-state index in [9.17, 15) is 4.79 Å². The second-order valence-electron chi connectivity index (χ2n) is 9.52. The number of carbonyl (C=O) groups is 1. The predicted molar refractivity (Wildman–Crippen MR) is 133 cm³/mol. The van der Waals surface area contributed by atoms with Crippen molar-refractivity contribution in [3.8, 4) is 11.4 Å². The molecular formula is C26H33N7O. The second-order valence-corrected chi connectivity index (χ2v) is 9.52. The van der Waals surface area contributed by atoms with Crippen molar-refractivity contribution in [1.29, 1.82) is 0 Å². The normalized spacial score (nSPS) is 17.3. The summed E-state index contributed by atoms with van der Waals surface area (Å²) >= 11 is 0. The van der Waals surface area contributed by atoms with Crippen molar-refractivity contribution < 1.29 is 4.79 Å². The van der Waals surface area contributed by atoms with Crippen LogP contribution >= 0.6 is 0 Å². The molecule has 3 heterocycles. The fraction of sp³-hybridized carbons (Fsp3) is 0.462.